The van der Waals surface area contributed by atoms with Crippen molar-refractivity contribution in [2.24, 2.45) is 0 Å². The van der Waals surface area contributed by atoms with Gasteiger partial charge in [0.05, 0.1) is 4.90 Å². The third-order valence-electron chi connectivity index (χ3n) is 3.85. The van der Waals surface area contributed by atoms with E-state index >= 15 is 0 Å². The van der Waals surface area contributed by atoms with Gasteiger partial charge in [-0.3, -0.25) is 4.90 Å². The van der Waals surface area contributed by atoms with Gasteiger partial charge in [-0.15, -0.1) is 0 Å². The van der Waals surface area contributed by atoms with Crippen molar-refractivity contribution in [2.75, 3.05) is 39.3 Å². The van der Waals surface area contributed by atoms with Crippen LogP contribution in [0.5, 0.6) is 0 Å². The van der Waals surface area contributed by atoms with E-state index in [-0.39, 0.29) is 17.5 Å². The second kappa shape index (κ2) is 8.32. The minimum absolute atomic E-state index is 0.0905. The average molecular weight is 387 g/mol. The first-order valence-corrected chi connectivity index (χ1v) is 10.0. The van der Waals surface area contributed by atoms with Crippen molar-refractivity contribution in [2.45, 2.75) is 31.3 Å². The maximum Gasteiger partial charge on any atom is 0.410 e. The number of nitrogens with zero attached hydrogens (tertiary/aromatic N) is 2. The molecule has 0 atom stereocenters. The van der Waals surface area contributed by atoms with Crippen LogP contribution in [0.2, 0.25) is 0 Å². The highest BCUT2D eigenvalue weighted by atomic mass is 32.2. The number of hydrogen-bond donors (Lipinski definition) is 1. The van der Waals surface area contributed by atoms with Gasteiger partial charge in [0.15, 0.2) is 0 Å². The Labute approximate surface area is 154 Å². The number of sulfonamides is 1. The number of ether oxygens (including phenoxy) is 1. The zero-order valence-electron chi connectivity index (χ0n) is 15.4. The molecular weight excluding hydrogens is 361 g/mol. The molecule has 7 nitrogen and oxygen atoms in total. The molecule has 1 fully saturated rings. The Hall–Kier alpha value is -1.71. The number of piperazine rings is 1. The SMILES string of the molecule is CC(C)(C)OC(=O)N1CCN(CCNS(=O)(=O)c2cccc(F)c2)CC1. The Bertz CT molecular complexity index is 726. The normalized spacial score (nSPS) is 16.5. The van der Waals surface area contributed by atoms with Crippen LogP contribution in [0.1, 0.15) is 20.8 Å². The fourth-order valence-corrected chi connectivity index (χ4v) is 3.59. The molecule has 0 aliphatic carbocycles. The van der Waals surface area contributed by atoms with Crippen LogP contribution < -0.4 is 4.72 Å². The number of carbonyl (C=O) groups excluding carboxylic acids is 1. The summed E-state index contributed by atoms with van der Waals surface area (Å²) in [5.41, 5.74) is -0.524. The number of halogens is 1. The quantitative estimate of drug-likeness (QED) is 0.831. The molecule has 0 spiro atoms. The van der Waals surface area contributed by atoms with E-state index in [1.54, 1.807) is 4.90 Å². The monoisotopic (exact) mass is 387 g/mol. The Morgan fingerprint density at radius 1 is 1.23 bits per heavy atom. The summed E-state index contributed by atoms with van der Waals surface area (Å²) in [5.74, 6) is -0.592. The van der Waals surface area contributed by atoms with Crippen LogP contribution >= 0.6 is 0 Å². The lowest BCUT2D eigenvalue weighted by atomic mass is 10.2. The molecule has 1 aliphatic heterocycles. The molecule has 1 saturated heterocycles. The molecule has 0 radical (unpaired) electrons. The largest absolute Gasteiger partial charge is 0.444 e. The van der Waals surface area contributed by atoms with Crippen LogP contribution in [0, 0.1) is 5.82 Å². The van der Waals surface area contributed by atoms with E-state index in [2.05, 4.69) is 9.62 Å². The zero-order valence-corrected chi connectivity index (χ0v) is 16.2. The van der Waals surface area contributed by atoms with Gasteiger partial charge in [-0.2, -0.15) is 0 Å². The lowest BCUT2D eigenvalue weighted by molar-refractivity contribution is 0.0147. The molecule has 0 aromatic heterocycles. The molecule has 1 aliphatic rings. The van der Waals surface area contributed by atoms with Crippen molar-refractivity contribution >= 4 is 16.1 Å². The van der Waals surface area contributed by atoms with E-state index in [9.17, 15) is 17.6 Å². The summed E-state index contributed by atoms with van der Waals surface area (Å²) >= 11 is 0. The van der Waals surface area contributed by atoms with Gasteiger partial charge in [0.2, 0.25) is 10.0 Å². The highest BCUT2D eigenvalue weighted by Crippen LogP contribution is 2.12. The molecule has 146 valence electrons. The van der Waals surface area contributed by atoms with Crippen LogP contribution in [-0.4, -0.2) is 69.2 Å². The van der Waals surface area contributed by atoms with Crippen molar-refractivity contribution < 1.29 is 22.3 Å². The maximum atomic E-state index is 13.2. The van der Waals surface area contributed by atoms with Gasteiger partial charge < -0.3 is 9.64 Å². The van der Waals surface area contributed by atoms with E-state index in [1.807, 2.05) is 20.8 Å². The predicted octanol–water partition coefficient (Wildman–Crippen LogP) is 1.66. The number of benzene rings is 1. The number of nitrogens with one attached hydrogen (secondary N) is 1. The molecule has 1 N–H and O–H groups in total. The van der Waals surface area contributed by atoms with E-state index in [0.29, 0.717) is 32.7 Å². The first kappa shape index (κ1) is 20.6. The van der Waals surface area contributed by atoms with E-state index in [4.69, 9.17) is 4.74 Å². The first-order chi connectivity index (χ1) is 12.1. The number of hydrogen-bond acceptors (Lipinski definition) is 5. The molecule has 1 aromatic carbocycles. The minimum Gasteiger partial charge on any atom is -0.444 e. The Kier molecular flexibility index (Phi) is 6.59. The fourth-order valence-electron chi connectivity index (χ4n) is 2.54. The lowest BCUT2D eigenvalue weighted by Crippen LogP contribution is -2.51. The smallest absolute Gasteiger partial charge is 0.410 e. The summed E-state index contributed by atoms with van der Waals surface area (Å²) in [4.78, 5) is 15.6. The van der Waals surface area contributed by atoms with Crippen LogP contribution in [0.25, 0.3) is 0 Å². The summed E-state index contributed by atoms with van der Waals surface area (Å²) in [6.07, 6.45) is -0.330. The Balaban J connectivity index is 1.76. The van der Waals surface area contributed by atoms with Gasteiger partial charge in [-0.05, 0) is 39.0 Å². The molecule has 1 aromatic rings. The van der Waals surface area contributed by atoms with Gasteiger partial charge in [0.1, 0.15) is 11.4 Å². The molecule has 26 heavy (non-hydrogen) atoms. The van der Waals surface area contributed by atoms with Gasteiger partial charge in [-0.25, -0.2) is 22.3 Å². The number of amides is 1. The molecule has 0 unspecified atom stereocenters. The summed E-state index contributed by atoms with van der Waals surface area (Å²) in [6.45, 7) is 8.55. The van der Waals surface area contributed by atoms with Gasteiger partial charge >= 0.3 is 6.09 Å². The molecule has 2 rings (SSSR count). The minimum atomic E-state index is -3.73. The summed E-state index contributed by atoms with van der Waals surface area (Å²) in [5, 5.41) is 0. The van der Waals surface area contributed by atoms with Crippen LogP contribution in [0.4, 0.5) is 9.18 Å². The van der Waals surface area contributed by atoms with Crippen molar-refractivity contribution in [1.82, 2.24) is 14.5 Å². The van der Waals surface area contributed by atoms with E-state index in [1.165, 1.54) is 18.2 Å². The van der Waals surface area contributed by atoms with Gasteiger partial charge in [0, 0.05) is 39.3 Å². The molecule has 1 heterocycles. The molecular formula is C17H26FN3O4S. The van der Waals surface area contributed by atoms with Crippen LogP contribution in [0.15, 0.2) is 29.2 Å². The summed E-state index contributed by atoms with van der Waals surface area (Å²) in [6, 6.07) is 4.90. The van der Waals surface area contributed by atoms with Gasteiger partial charge in [-0.1, -0.05) is 6.07 Å². The highest BCUT2D eigenvalue weighted by molar-refractivity contribution is 7.89. The maximum absolute atomic E-state index is 13.2. The van der Waals surface area contributed by atoms with Gasteiger partial charge in [0.25, 0.3) is 0 Å². The average Bonchev–Trinajstić information content (AvgIpc) is 2.54. The third-order valence-corrected chi connectivity index (χ3v) is 5.31. The summed E-state index contributed by atoms with van der Waals surface area (Å²) < 4.78 is 45.3. The van der Waals surface area contributed by atoms with Crippen LogP contribution in [-0.2, 0) is 14.8 Å². The van der Waals surface area contributed by atoms with Crippen molar-refractivity contribution in [1.29, 1.82) is 0 Å². The number of rotatable bonds is 5. The third kappa shape index (κ3) is 6.22. The van der Waals surface area contributed by atoms with Crippen LogP contribution in [0.3, 0.4) is 0 Å². The first-order valence-electron chi connectivity index (χ1n) is 8.52. The van der Waals surface area contributed by atoms with Crippen molar-refractivity contribution in [3.63, 3.8) is 0 Å². The van der Waals surface area contributed by atoms with E-state index in [0.717, 1.165) is 6.07 Å². The highest BCUT2D eigenvalue weighted by Gasteiger charge is 2.25. The van der Waals surface area contributed by atoms with Crippen molar-refractivity contribution in [3.05, 3.63) is 30.1 Å². The molecule has 9 heteroatoms. The topological polar surface area (TPSA) is 79.0 Å². The summed E-state index contributed by atoms with van der Waals surface area (Å²) in [7, 11) is -3.73. The second-order valence-corrected chi connectivity index (χ2v) is 8.93. The van der Waals surface area contributed by atoms with E-state index < -0.39 is 21.4 Å². The Morgan fingerprint density at radius 3 is 2.46 bits per heavy atom. The molecule has 1 amide bonds. The number of carbonyl (C=O) groups is 1. The molecule has 0 saturated carbocycles. The zero-order chi connectivity index (χ0) is 19.4. The lowest BCUT2D eigenvalue weighted by Gasteiger charge is -2.35. The fraction of sp³-hybridized carbons (Fsp3) is 0.588. The Morgan fingerprint density at radius 2 is 1.88 bits per heavy atom. The second-order valence-electron chi connectivity index (χ2n) is 7.16. The van der Waals surface area contributed by atoms with Crippen molar-refractivity contribution in [3.8, 4) is 0 Å². The standard InChI is InChI=1S/C17H26FN3O4S/c1-17(2,3)25-16(22)21-11-9-20(10-12-21)8-7-19-26(23,24)15-6-4-5-14(18)13-15/h4-6,13,19H,7-12H2,1-3H3. The predicted molar refractivity (Wildman–Crippen MR) is 95.8 cm³/mol. The molecule has 0 bridgehead atoms.